The standard InChI is InChI=1S/C20H24N2O2S/c1-4-12-24-18-10-8-16(9-11-18)14-22(2)15-20(23)21-17-6-5-7-19(13-17)25-3/h4-11,13H,1,12,14-15H2,2-3H3,(H,21,23)/p+1. The van der Waals surface area contributed by atoms with Crippen molar-refractivity contribution in [3.05, 3.63) is 66.7 Å². The van der Waals surface area contributed by atoms with Crippen LogP contribution >= 0.6 is 11.8 Å². The monoisotopic (exact) mass is 357 g/mol. The van der Waals surface area contributed by atoms with Gasteiger partial charge in [0.05, 0.1) is 7.05 Å². The molecule has 0 heterocycles. The molecule has 0 spiro atoms. The second-order valence-electron chi connectivity index (χ2n) is 5.83. The number of amides is 1. The Morgan fingerprint density at radius 1 is 1.28 bits per heavy atom. The summed E-state index contributed by atoms with van der Waals surface area (Å²) in [6.07, 6.45) is 3.74. The maximum atomic E-state index is 12.2. The van der Waals surface area contributed by atoms with Crippen molar-refractivity contribution in [1.29, 1.82) is 0 Å². The number of benzene rings is 2. The van der Waals surface area contributed by atoms with E-state index in [1.54, 1.807) is 17.8 Å². The molecule has 0 bridgehead atoms. The largest absolute Gasteiger partial charge is 0.490 e. The van der Waals surface area contributed by atoms with Gasteiger partial charge in [0.15, 0.2) is 6.54 Å². The molecule has 2 N–H and O–H groups in total. The lowest BCUT2D eigenvalue weighted by atomic mass is 10.2. The Morgan fingerprint density at radius 2 is 2.04 bits per heavy atom. The van der Waals surface area contributed by atoms with Gasteiger partial charge in [0.1, 0.15) is 18.9 Å². The third-order valence-corrected chi connectivity index (χ3v) is 4.34. The van der Waals surface area contributed by atoms with Crippen LogP contribution in [0.25, 0.3) is 0 Å². The van der Waals surface area contributed by atoms with Gasteiger partial charge in [-0.1, -0.05) is 18.7 Å². The second kappa shape index (κ2) is 9.91. The first-order valence-corrected chi connectivity index (χ1v) is 9.41. The molecule has 1 unspecified atom stereocenters. The van der Waals surface area contributed by atoms with Crippen LogP contribution in [0.5, 0.6) is 5.75 Å². The smallest absolute Gasteiger partial charge is 0.279 e. The van der Waals surface area contributed by atoms with Crippen molar-refractivity contribution >= 4 is 23.4 Å². The Hall–Kier alpha value is -2.24. The first-order valence-electron chi connectivity index (χ1n) is 8.18. The number of carbonyl (C=O) groups is 1. The molecule has 2 rings (SSSR count). The average molecular weight is 357 g/mol. The quantitative estimate of drug-likeness (QED) is 0.536. The molecule has 2 aromatic rings. The third-order valence-electron chi connectivity index (χ3n) is 3.61. The Labute approximate surface area is 153 Å². The maximum absolute atomic E-state index is 12.2. The van der Waals surface area contributed by atoms with Crippen LogP contribution in [-0.2, 0) is 11.3 Å². The van der Waals surface area contributed by atoms with Gasteiger partial charge in [-0.05, 0) is 48.7 Å². The highest BCUT2D eigenvalue weighted by Crippen LogP contribution is 2.18. The first-order chi connectivity index (χ1) is 12.1. The van der Waals surface area contributed by atoms with Gasteiger partial charge in [-0.3, -0.25) is 4.79 Å². The van der Waals surface area contributed by atoms with Crippen LogP contribution in [0.4, 0.5) is 5.69 Å². The van der Waals surface area contributed by atoms with Crippen LogP contribution in [0.1, 0.15) is 5.56 Å². The number of hydrogen-bond donors (Lipinski definition) is 2. The van der Waals surface area contributed by atoms with Gasteiger partial charge in [0.25, 0.3) is 5.91 Å². The van der Waals surface area contributed by atoms with Gasteiger partial charge in [-0.25, -0.2) is 0 Å². The molecule has 132 valence electrons. The van der Waals surface area contributed by atoms with E-state index in [4.69, 9.17) is 4.74 Å². The minimum absolute atomic E-state index is 0.0155. The second-order valence-corrected chi connectivity index (χ2v) is 6.71. The first kappa shape index (κ1) is 19.1. The number of rotatable bonds is 9. The molecule has 1 amide bonds. The van der Waals surface area contributed by atoms with Crippen LogP contribution in [0, 0.1) is 0 Å². The number of thioether (sulfide) groups is 1. The molecule has 25 heavy (non-hydrogen) atoms. The lowest BCUT2D eigenvalue weighted by Crippen LogP contribution is -3.08. The molecular weight excluding hydrogens is 332 g/mol. The zero-order chi connectivity index (χ0) is 18.1. The fourth-order valence-electron chi connectivity index (χ4n) is 2.45. The Kier molecular flexibility index (Phi) is 7.57. The van der Waals surface area contributed by atoms with Crippen molar-refractivity contribution in [2.24, 2.45) is 0 Å². The molecule has 0 aromatic heterocycles. The van der Waals surface area contributed by atoms with Crippen LogP contribution in [-0.4, -0.2) is 32.4 Å². The van der Waals surface area contributed by atoms with Crippen LogP contribution in [0.15, 0.2) is 66.1 Å². The zero-order valence-corrected chi connectivity index (χ0v) is 15.6. The predicted octanol–water partition coefficient (Wildman–Crippen LogP) is 2.63. The average Bonchev–Trinajstić information content (AvgIpc) is 2.61. The van der Waals surface area contributed by atoms with Crippen molar-refractivity contribution in [2.45, 2.75) is 11.4 Å². The minimum atomic E-state index is 0.0155. The summed E-state index contributed by atoms with van der Waals surface area (Å²) >= 11 is 1.66. The van der Waals surface area contributed by atoms with Crippen molar-refractivity contribution in [1.82, 2.24) is 0 Å². The van der Waals surface area contributed by atoms with Gasteiger partial charge in [-0.15, -0.1) is 11.8 Å². The van der Waals surface area contributed by atoms with Crippen molar-refractivity contribution in [2.75, 3.05) is 31.8 Å². The summed E-state index contributed by atoms with van der Waals surface area (Å²) in [4.78, 5) is 14.5. The number of ether oxygens (including phenoxy) is 1. The summed E-state index contributed by atoms with van der Waals surface area (Å²) in [5, 5.41) is 2.96. The summed E-state index contributed by atoms with van der Waals surface area (Å²) in [5.74, 6) is 0.842. The summed E-state index contributed by atoms with van der Waals surface area (Å²) in [7, 11) is 2.01. The number of carbonyl (C=O) groups excluding carboxylic acids is 1. The minimum Gasteiger partial charge on any atom is -0.490 e. The van der Waals surface area contributed by atoms with Crippen LogP contribution < -0.4 is 15.0 Å². The number of anilines is 1. The molecular formula is C20H25N2O2S+. The van der Waals surface area contributed by atoms with Gasteiger partial charge in [0, 0.05) is 16.1 Å². The number of nitrogens with one attached hydrogen (secondary N) is 2. The lowest BCUT2D eigenvalue weighted by Gasteiger charge is -2.14. The number of hydrogen-bond acceptors (Lipinski definition) is 3. The summed E-state index contributed by atoms with van der Waals surface area (Å²) in [6.45, 7) is 5.33. The highest BCUT2D eigenvalue weighted by molar-refractivity contribution is 7.98. The SMILES string of the molecule is C=CCOc1ccc(C[NH+](C)CC(=O)Nc2cccc(SC)c2)cc1. The molecule has 0 fully saturated rings. The molecule has 0 aliphatic carbocycles. The fourth-order valence-corrected chi connectivity index (χ4v) is 2.91. The fraction of sp³-hybridized carbons (Fsp3) is 0.250. The van der Waals surface area contributed by atoms with Gasteiger partial charge >= 0.3 is 0 Å². The zero-order valence-electron chi connectivity index (χ0n) is 14.7. The van der Waals surface area contributed by atoms with E-state index < -0.39 is 0 Å². The summed E-state index contributed by atoms with van der Waals surface area (Å²) in [5.41, 5.74) is 2.01. The Bertz CT molecular complexity index is 701. The van der Waals surface area contributed by atoms with Crippen molar-refractivity contribution in [3.63, 3.8) is 0 Å². The number of quaternary nitrogens is 1. The highest BCUT2D eigenvalue weighted by Gasteiger charge is 2.11. The molecule has 0 aliphatic rings. The summed E-state index contributed by atoms with van der Waals surface area (Å²) in [6, 6.07) is 15.8. The van der Waals surface area contributed by atoms with E-state index in [1.165, 1.54) is 5.56 Å². The maximum Gasteiger partial charge on any atom is 0.279 e. The highest BCUT2D eigenvalue weighted by atomic mass is 32.2. The Balaban J connectivity index is 1.83. The Morgan fingerprint density at radius 3 is 2.72 bits per heavy atom. The predicted molar refractivity (Wildman–Crippen MR) is 104 cm³/mol. The van der Waals surface area contributed by atoms with Crippen molar-refractivity contribution in [3.8, 4) is 5.75 Å². The molecule has 2 aromatic carbocycles. The topological polar surface area (TPSA) is 42.8 Å². The number of likely N-dealkylation sites (N-methyl/N-ethyl adjacent to an activating group) is 1. The molecule has 0 saturated heterocycles. The molecule has 0 saturated carbocycles. The van der Waals surface area contributed by atoms with E-state index in [9.17, 15) is 4.79 Å². The van der Waals surface area contributed by atoms with E-state index in [1.807, 2.05) is 61.8 Å². The van der Waals surface area contributed by atoms with Crippen molar-refractivity contribution < 1.29 is 14.4 Å². The van der Waals surface area contributed by atoms with Crippen LogP contribution in [0.3, 0.4) is 0 Å². The molecule has 0 aliphatic heterocycles. The van der Waals surface area contributed by atoms with E-state index >= 15 is 0 Å². The normalized spacial score (nSPS) is 11.6. The van der Waals surface area contributed by atoms with E-state index in [0.29, 0.717) is 13.2 Å². The van der Waals surface area contributed by atoms with E-state index in [-0.39, 0.29) is 5.91 Å². The van der Waals surface area contributed by atoms with Gasteiger partial charge < -0.3 is 15.0 Å². The van der Waals surface area contributed by atoms with E-state index in [2.05, 4.69) is 11.9 Å². The van der Waals surface area contributed by atoms with Gasteiger partial charge in [-0.2, -0.15) is 0 Å². The third kappa shape index (κ3) is 6.64. The summed E-state index contributed by atoms with van der Waals surface area (Å²) < 4.78 is 5.47. The molecule has 0 radical (unpaired) electrons. The van der Waals surface area contributed by atoms with Gasteiger partial charge in [0.2, 0.25) is 0 Å². The molecule has 4 nitrogen and oxygen atoms in total. The van der Waals surface area contributed by atoms with E-state index in [0.717, 1.165) is 27.8 Å². The lowest BCUT2D eigenvalue weighted by molar-refractivity contribution is -0.885. The molecule has 1 atom stereocenters. The van der Waals surface area contributed by atoms with Crippen LogP contribution in [0.2, 0.25) is 0 Å². The molecule has 5 heteroatoms.